The van der Waals surface area contributed by atoms with Gasteiger partial charge in [-0.3, -0.25) is 4.79 Å². The molecule has 1 aliphatic rings. The molecule has 1 aromatic rings. The number of amides is 2. The van der Waals surface area contributed by atoms with E-state index < -0.39 is 23.6 Å². The van der Waals surface area contributed by atoms with Gasteiger partial charge in [-0.2, -0.15) is 0 Å². The molecule has 0 bridgehead atoms. The second-order valence-electron chi connectivity index (χ2n) is 8.06. The van der Waals surface area contributed by atoms with E-state index in [9.17, 15) is 9.59 Å². The topological polar surface area (TPSA) is 59.0 Å². The first kappa shape index (κ1) is 19.9. The van der Waals surface area contributed by atoms with E-state index in [1.54, 1.807) is 20.8 Å². The molecule has 140 valence electrons. The number of hydrogen-bond donors (Lipinski definition) is 0. The average Bonchev–Trinajstić information content (AvgIpc) is 2.52. The summed E-state index contributed by atoms with van der Waals surface area (Å²) >= 11 is 0. The molecule has 0 saturated carbocycles. The molecule has 1 atom stereocenters. The first-order valence-electron chi connectivity index (χ1n) is 8.91. The summed E-state index contributed by atoms with van der Waals surface area (Å²) in [6.45, 7) is 13.0. The third-order valence-corrected chi connectivity index (χ3v) is 3.98. The molecule has 26 heavy (non-hydrogen) atoms. The summed E-state index contributed by atoms with van der Waals surface area (Å²) in [5.74, 6) is -0.415. The third kappa shape index (κ3) is 4.21. The Balaban J connectivity index is 2.64. The van der Waals surface area contributed by atoms with Crippen LogP contribution >= 0.6 is 0 Å². The van der Waals surface area contributed by atoms with Crippen molar-refractivity contribution in [3.63, 3.8) is 0 Å². The van der Waals surface area contributed by atoms with Crippen molar-refractivity contribution in [3.05, 3.63) is 47.2 Å². The molecule has 1 aliphatic heterocycles. The zero-order valence-corrected chi connectivity index (χ0v) is 16.7. The molecule has 0 N–H and O–H groups in total. The van der Waals surface area contributed by atoms with Crippen LogP contribution in [0.15, 0.2) is 46.6 Å². The minimum atomic E-state index is -0.689. The lowest BCUT2D eigenvalue weighted by Gasteiger charge is -2.38. The fraction of sp³-hybridized carbons (Fsp3) is 0.476. The number of aliphatic imine (C=N–C) groups is 1. The Labute approximate surface area is 155 Å². The molecule has 0 aromatic heterocycles. The van der Waals surface area contributed by atoms with Gasteiger partial charge in [-0.15, -0.1) is 0 Å². The van der Waals surface area contributed by atoms with Crippen molar-refractivity contribution in [2.45, 2.75) is 60.1 Å². The van der Waals surface area contributed by atoms with Crippen LogP contribution < -0.4 is 0 Å². The first-order valence-corrected chi connectivity index (χ1v) is 8.91. The van der Waals surface area contributed by atoms with Crippen LogP contribution in [0, 0.1) is 5.92 Å². The van der Waals surface area contributed by atoms with Crippen LogP contribution in [0.2, 0.25) is 0 Å². The van der Waals surface area contributed by atoms with Crippen LogP contribution in [-0.4, -0.2) is 34.3 Å². The second kappa shape index (κ2) is 7.44. The second-order valence-corrected chi connectivity index (χ2v) is 8.06. The number of rotatable bonds is 2. The van der Waals surface area contributed by atoms with E-state index in [-0.39, 0.29) is 5.92 Å². The number of ether oxygens (including phenoxy) is 1. The standard InChI is InChI=1S/C21H28N2O3/c1-13(2)16-19(24)23(20(25)26-21(5,6)7)18(14(3)4)17(22-16)15-11-9-8-10-12-15/h8-12,14,18H,1-7H3. The lowest BCUT2D eigenvalue weighted by atomic mass is 9.90. The smallest absolute Gasteiger partial charge is 0.418 e. The fourth-order valence-electron chi connectivity index (χ4n) is 2.89. The summed E-state index contributed by atoms with van der Waals surface area (Å²) < 4.78 is 5.53. The minimum Gasteiger partial charge on any atom is -0.443 e. The van der Waals surface area contributed by atoms with Gasteiger partial charge in [0.15, 0.2) is 0 Å². The van der Waals surface area contributed by atoms with Crippen LogP contribution in [0.3, 0.4) is 0 Å². The zero-order chi connectivity index (χ0) is 19.6. The van der Waals surface area contributed by atoms with E-state index in [4.69, 9.17) is 4.74 Å². The number of allylic oxidation sites excluding steroid dienone is 1. The van der Waals surface area contributed by atoms with E-state index in [0.29, 0.717) is 11.4 Å². The third-order valence-electron chi connectivity index (χ3n) is 3.98. The van der Waals surface area contributed by atoms with Crippen molar-refractivity contribution < 1.29 is 14.3 Å². The quantitative estimate of drug-likeness (QED) is 0.729. The predicted molar refractivity (Wildman–Crippen MR) is 103 cm³/mol. The average molecular weight is 356 g/mol. The molecular weight excluding hydrogens is 328 g/mol. The molecular formula is C21H28N2O3. The van der Waals surface area contributed by atoms with Gasteiger partial charge in [-0.05, 0) is 51.7 Å². The van der Waals surface area contributed by atoms with Gasteiger partial charge in [0.25, 0.3) is 5.91 Å². The van der Waals surface area contributed by atoms with Crippen molar-refractivity contribution in [1.29, 1.82) is 0 Å². The Bertz CT molecular complexity index is 751. The van der Waals surface area contributed by atoms with E-state index in [2.05, 4.69) is 4.99 Å². The zero-order valence-electron chi connectivity index (χ0n) is 16.7. The highest BCUT2D eigenvalue weighted by Gasteiger charge is 2.43. The SMILES string of the molecule is CC(C)=C1N=C(c2ccccc2)C(C(C)C)N(C(=O)OC(C)(C)C)C1=O. The van der Waals surface area contributed by atoms with Crippen molar-refractivity contribution in [2.24, 2.45) is 10.9 Å². The van der Waals surface area contributed by atoms with Crippen LogP contribution in [0.25, 0.3) is 0 Å². The fourth-order valence-corrected chi connectivity index (χ4v) is 2.89. The van der Waals surface area contributed by atoms with Crippen molar-refractivity contribution in [3.8, 4) is 0 Å². The lowest BCUT2D eigenvalue weighted by Crippen LogP contribution is -2.55. The van der Waals surface area contributed by atoms with Crippen molar-refractivity contribution >= 4 is 17.7 Å². The maximum atomic E-state index is 13.0. The van der Waals surface area contributed by atoms with Crippen molar-refractivity contribution in [2.75, 3.05) is 0 Å². The van der Waals surface area contributed by atoms with Gasteiger partial charge in [-0.25, -0.2) is 14.7 Å². The van der Waals surface area contributed by atoms with Crippen LogP contribution in [0.4, 0.5) is 4.79 Å². The van der Waals surface area contributed by atoms with Gasteiger partial charge < -0.3 is 4.74 Å². The largest absolute Gasteiger partial charge is 0.443 e. The number of imide groups is 1. The predicted octanol–water partition coefficient (Wildman–Crippen LogP) is 4.57. The van der Waals surface area contributed by atoms with E-state index in [0.717, 1.165) is 11.1 Å². The number of hydrogen-bond acceptors (Lipinski definition) is 4. The summed E-state index contributed by atoms with van der Waals surface area (Å²) in [6.07, 6.45) is -0.636. The molecule has 2 rings (SSSR count). The minimum absolute atomic E-state index is 0.0101. The van der Waals surface area contributed by atoms with E-state index in [1.165, 1.54) is 4.90 Å². The van der Waals surface area contributed by atoms with E-state index >= 15 is 0 Å². The highest BCUT2D eigenvalue weighted by molar-refractivity contribution is 6.16. The number of benzene rings is 1. The Morgan fingerprint density at radius 3 is 2.19 bits per heavy atom. The Hall–Kier alpha value is -2.43. The van der Waals surface area contributed by atoms with Crippen LogP contribution in [-0.2, 0) is 9.53 Å². The summed E-state index contributed by atoms with van der Waals surface area (Å²) in [6, 6.07) is 9.18. The normalized spacial score (nSPS) is 18.1. The Kier molecular flexibility index (Phi) is 5.69. The molecule has 2 amide bonds. The molecule has 0 radical (unpaired) electrons. The molecule has 1 aromatic carbocycles. The van der Waals surface area contributed by atoms with Gasteiger partial charge in [0.05, 0.1) is 11.8 Å². The molecule has 0 fully saturated rings. The van der Waals surface area contributed by atoms with E-state index in [1.807, 2.05) is 58.0 Å². The highest BCUT2D eigenvalue weighted by atomic mass is 16.6. The Morgan fingerprint density at radius 2 is 1.73 bits per heavy atom. The first-order chi connectivity index (χ1) is 12.0. The summed E-state index contributed by atoms with van der Waals surface area (Å²) in [4.78, 5) is 31.8. The maximum absolute atomic E-state index is 13.0. The summed E-state index contributed by atoms with van der Waals surface area (Å²) in [5, 5.41) is 0. The lowest BCUT2D eigenvalue weighted by molar-refractivity contribution is -0.128. The van der Waals surface area contributed by atoms with Gasteiger partial charge in [-0.1, -0.05) is 44.2 Å². The molecule has 1 heterocycles. The molecule has 1 unspecified atom stereocenters. The number of carbonyl (C=O) groups is 2. The van der Waals surface area contributed by atoms with Crippen molar-refractivity contribution in [1.82, 2.24) is 4.90 Å². The molecule has 0 spiro atoms. The summed E-state index contributed by atoms with van der Waals surface area (Å²) in [7, 11) is 0. The Morgan fingerprint density at radius 1 is 1.15 bits per heavy atom. The molecule has 5 heteroatoms. The van der Waals surface area contributed by atoms with Crippen LogP contribution in [0.1, 0.15) is 54.0 Å². The maximum Gasteiger partial charge on any atom is 0.418 e. The van der Waals surface area contributed by atoms with Crippen LogP contribution in [0.5, 0.6) is 0 Å². The molecule has 5 nitrogen and oxygen atoms in total. The van der Waals surface area contributed by atoms with Gasteiger partial charge in [0.1, 0.15) is 11.3 Å². The summed E-state index contributed by atoms with van der Waals surface area (Å²) in [5.41, 5.74) is 1.98. The van der Waals surface area contributed by atoms with Gasteiger partial charge in [0, 0.05) is 0 Å². The van der Waals surface area contributed by atoms with Gasteiger partial charge in [0.2, 0.25) is 0 Å². The monoisotopic (exact) mass is 356 g/mol. The number of carbonyl (C=O) groups excluding carboxylic acids is 2. The number of nitrogens with zero attached hydrogens (tertiary/aromatic N) is 2. The van der Waals surface area contributed by atoms with Gasteiger partial charge >= 0.3 is 6.09 Å². The molecule has 0 saturated heterocycles. The highest BCUT2D eigenvalue weighted by Crippen LogP contribution is 2.29. The molecule has 0 aliphatic carbocycles.